The van der Waals surface area contributed by atoms with E-state index in [1.54, 1.807) is 13.0 Å². The zero-order chi connectivity index (χ0) is 20.1. The summed E-state index contributed by atoms with van der Waals surface area (Å²) in [6.07, 6.45) is 1.69. The number of nitrogens with zero attached hydrogens (tertiary/aromatic N) is 1. The van der Waals surface area contributed by atoms with Gasteiger partial charge < -0.3 is 15.1 Å². The summed E-state index contributed by atoms with van der Waals surface area (Å²) in [4.78, 5) is 41.5. The fourth-order valence-electron chi connectivity index (χ4n) is 2.67. The number of hydrogen-bond acceptors (Lipinski definition) is 6. The summed E-state index contributed by atoms with van der Waals surface area (Å²) in [6.45, 7) is 3.16. The maximum Gasteiger partial charge on any atom is 0.287 e. The van der Waals surface area contributed by atoms with E-state index in [9.17, 15) is 14.4 Å². The first kappa shape index (κ1) is 19.5. The van der Waals surface area contributed by atoms with Crippen LogP contribution in [0.1, 0.15) is 38.4 Å². The fraction of sp³-hybridized carbons (Fsp3) is 0.200. The van der Waals surface area contributed by atoms with Gasteiger partial charge in [0.25, 0.3) is 5.91 Å². The van der Waals surface area contributed by atoms with E-state index in [1.165, 1.54) is 19.3 Å². The van der Waals surface area contributed by atoms with E-state index in [2.05, 4.69) is 15.6 Å². The zero-order valence-corrected chi connectivity index (χ0v) is 16.2. The molecule has 8 heteroatoms. The number of amides is 2. The Labute approximate surface area is 165 Å². The third kappa shape index (κ3) is 4.72. The molecular weight excluding hydrogens is 378 g/mol. The standard InChI is InChI=1S/C20H19N3O4S/c1-12-17(13(2)24)28-20(21-12)23-18(25)15(11-14-7-4-3-5-8-14)22-19(26)16-9-6-10-27-16/h3-10,15H,11H2,1-2H3,(H,22,26)(H,21,23,25)/t15-/m1/s1. The highest BCUT2D eigenvalue weighted by molar-refractivity contribution is 7.17. The van der Waals surface area contributed by atoms with Gasteiger partial charge in [-0.3, -0.25) is 14.4 Å². The number of Topliss-reactive ketones (excluding diaryl/α,β-unsaturated/α-hetero) is 1. The molecule has 144 valence electrons. The van der Waals surface area contributed by atoms with Crippen molar-refractivity contribution in [3.05, 3.63) is 70.6 Å². The van der Waals surface area contributed by atoms with Crippen molar-refractivity contribution >= 4 is 34.1 Å². The summed E-state index contributed by atoms with van der Waals surface area (Å²) in [5.41, 5.74) is 1.45. The third-order valence-electron chi connectivity index (χ3n) is 4.00. The van der Waals surface area contributed by atoms with Gasteiger partial charge in [0.2, 0.25) is 5.91 Å². The number of carbonyl (C=O) groups excluding carboxylic acids is 3. The van der Waals surface area contributed by atoms with Crippen LogP contribution in [-0.4, -0.2) is 28.6 Å². The van der Waals surface area contributed by atoms with Gasteiger partial charge in [0, 0.05) is 13.3 Å². The summed E-state index contributed by atoms with van der Waals surface area (Å²) in [7, 11) is 0. The van der Waals surface area contributed by atoms with Crippen LogP contribution in [0.5, 0.6) is 0 Å². The molecule has 28 heavy (non-hydrogen) atoms. The number of rotatable bonds is 7. The highest BCUT2D eigenvalue weighted by Gasteiger charge is 2.24. The number of aromatic nitrogens is 1. The number of anilines is 1. The Bertz CT molecular complexity index is 980. The summed E-state index contributed by atoms with van der Waals surface area (Å²) in [5, 5.41) is 5.71. The average molecular weight is 397 g/mol. The molecule has 0 spiro atoms. The van der Waals surface area contributed by atoms with Gasteiger partial charge in [0.1, 0.15) is 6.04 Å². The Hall–Kier alpha value is -3.26. The fourth-order valence-corrected chi connectivity index (χ4v) is 3.53. The van der Waals surface area contributed by atoms with Crippen LogP contribution >= 0.6 is 11.3 Å². The molecule has 0 saturated carbocycles. The van der Waals surface area contributed by atoms with Crippen LogP contribution in [0.25, 0.3) is 0 Å². The summed E-state index contributed by atoms with van der Waals surface area (Å²) in [6, 6.07) is 11.6. The van der Waals surface area contributed by atoms with E-state index in [4.69, 9.17) is 4.42 Å². The number of nitrogens with one attached hydrogen (secondary N) is 2. The second-order valence-electron chi connectivity index (χ2n) is 6.17. The quantitative estimate of drug-likeness (QED) is 0.596. The number of benzene rings is 1. The lowest BCUT2D eigenvalue weighted by molar-refractivity contribution is -0.118. The molecule has 3 aromatic rings. The van der Waals surface area contributed by atoms with Gasteiger partial charge in [0.05, 0.1) is 16.8 Å². The third-order valence-corrected chi connectivity index (χ3v) is 5.17. The molecule has 0 bridgehead atoms. The van der Waals surface area contributed by atoms with Crippen LogP contribution < -0.4 is 10.6 Å². The van der Waals surface area contributed by atoms with Gasteiger partial charge in [-0.2, -0.15) is 0 Å². The van der Waals surface area contributed by atoms with Gasteiger partial charge in [0.15, 0.2) is 16.7 Å². The molecule has 3 rings (SSSR count). The molecule has 2 N–H and O–H groups in total. The maximum absolute atomic E-state index is 12.8. The molecule has 0 radical (unpaired) electrons. The Morgan fingerprint density at radius 3 is 2.50 bits per heavy atom. The number of aryl methyl sites for hydroxylation is 1. The minimum absolute atomic E-state index is 0.109. The maximum atomic E-state index is 12.8. The van der Waals surface area contributed by atoms with Crippen molar-refractivity contribution in [3.8, 4) is 0 Å². The lowest BCUT2D eigenvalue weighted by atomic mass is 10.1. The summed E-state index contributed by atoms with van der Waals surface area (Å²) in [5.74, 6) is -0.897. The second kappa shape index (κ2) is 8.62. The van der Waals surface area contributed by atoms with E-state index < -0.39 is 17.9 Å². The summed E-state index contributed by atoms with van der Waals surface area (Å²) < 4.78 is 5.10. The van der Waals surface area contributed by atoms with Crippen LogP contribution in [0.4, 0.5) is 5.13 Å². The van der Waals surface area contributed by atoms with Gasteiger partial charge in [-0.25, -0.2) is 4.98 Å². The Kier molecular flexibility index (Phi) is 6.00. The van der Waals surface area contributed by atoms with Crippen molar-refractivity contribution in [2.45, 2.75) is 26.3 Å². The molecule has 1 atom stereocenters. The number of ketones is 1. The van der Waals surface area contributed by atoms with Crippen LogP contribution in [0.3, 0.4) is 0 Å². The molecular formula is C20H19N3O4S. The van der Waals surface area contributed by atoms with Crippen molar-refractivity contribution < 1.29 is 18.8 Å². The van der Waals surface area contributed by atoms with Crippen molar-refractivity contribution in [2.24, 2.45) is 0 Å². The lowest BCUT2D eigenvalue weighted by Crippen LogP contribution is -2.45. The van der Waals surface area contributed by atoms with Crippen LogP contribution in [0.2, 0.25) is 0 Å². The molecule has 2 aromatic heterocycles. The molecule has 7 nitrogen and oxygen atoms in total. The van der Waals surface area contributed by atoms with Gasteiger partial charge in [-0.1, -0.05) is 41.7 Å². The predicted molar refractivity (Wildman–Crippen MR) is 106 cm³/mol. The van der Waals surface area contributed by atoms with Crippen molar-refractivity contribution in [2.75, 3.05) is 5.32 Å². The first-order valence-electron chi connectivity index (χ1n) is 8.61. The number of thiazole rings is 1. The molecule has 0 aliphatic heterocycles. The van der Waals surface area contributed by atoms with Crippen molar-refractivity contribution in [1.82, 2.24) is 10.3 Å². The Morgan fingerprint density at radius 2 is 1.89 bits per heavy atom. The van der Waals surface area contributed by atoms with E-state index in [1.807, 2.05) is 30.3 Å². The van der Waals surface area contributed by atoms with E-state index in [0.29, 0.717) is 22.1 Å². The smallest absolute Gasteiger partial charge is 0.287 e. The molecule has 0 unspecified atom stereocenters. The second-order valence-corrected chi connectivity index (χ2v) is 7.17. The number of carbonyl (C=O) groups is 3. The minimum Gasteiger partial charge on any atom is -0.459 e. The van der Waals surface area contributed by atoms with Crippen LogP contribution in [-0.2, 0) is 11.2 Å². The van der Waals surface area contributed by atoms with Crippen LogP contribution in [0.15, 0.2) is 53.1 Å². The van der Waals surface area contributed by atoms with Crippen molar-refractivity contribution in [1.29, 1.82) is 0 Å². The van der Waals surface area contributed by atoms with E-state index in [0.717, 1.165) is 16.9 Å². The van der Waals surface area contributed by atoms with Gasteiger partial charge in [-0.15, -0.1) is 0 Å². The normalized spacial score (nSPS) is 11.6. The molecule has 0 fully saturated rings. The monoisotopic (exact) mass is 397 g/mol. The van der Waals surface area contributed by atoms with Gasteiger partial charge in [-0.05, 0) is 24.6 Å². The topological polar surface area (TPSA) is 101 Å². The highest BCUT2D eigenvalue weighted by atomic mass is 32.1. The van der Waals surface area contributed by atoms with E-state index >= 15 is 0 Å². The molecule has 0 saturated heterocycles. The minimum atomic E-state index is -0.843. The lowest BCUT2D eigenvalue weighted by Gasteiger charge is -2.17. The zero-order valence-electron chi connectivity index (χ0n) is 15.4. The Morgan fingerprint density at radius 1 is 1.14 bits per heavy atom. The Balaban J connectivity index is 1.78. The predicted octanol–water partition coefficient (Wildman–Crippen LogP) is 3.23. The number of hydrogen-bond donors (Lipinski definition) is 2. The first-order valence-corrected chi connectivity index (χ1v) is 9.43. The average Bonchev–Trinajstić information content (AvgIpc) is 3.32. The highest BCUT2D eigenvalue weighted by Crippen LogP contribution is 2.23. The molecule has 2 amide bonds. The largest absolute Gasteiger partial charge is 0.459 e. The molecule has 1 aromatic carbocycles. The molecule has 0 aliphatic rings. The molecule has 2 heterocycles. The van der Waals surface area contributed by atoms with E-state index in [-0.39, 0.29) is 11.5 Å². The first-order chi connectivity index (χ1) is 13.4. The SMILES string of the molecule is CC(=O)c1sc(NC(=O)[C@@H](Cc2ccccc2)NC(=O)c2ccco2)nc1C. The molecule has 0 aliphatic carbocycles. The summed E-state index contributed by atoms with van der Waals surface area (Å²) >= 11 is 1.11. The van der Waals surface area contributed by atoms with Gasteiger partial charge >= 0.3 is 0 Å². The van der Waals surface area contributed by atoms with Crippen LogP contribution in [0, 0.1) is 6.92 Å². The number of furan rings is 1. The van der Waals surface area contributed by atoms with Crippen molar-refractivity contribution in [3.63, 3.8) is 0 Å².